The average molecular weight is 561 g/mol. The summed E-state index contributed by atoms with van der Waals surface area (Å²) in [5, 5.41) is 40.8. The first-order valence-corrected chi connectivity index (χ1v) is 13.8. The van der Waals surface area contributed by atoms with Crippen molar-refractivity contribution in [3.63, 3.8) is 0 Å². The van der Waals surface area contributed by atoms with Gasteiger partial charge in [-0.1, -0.05) is 48.9 Å². The zero-order valence-corrected chi connectivity index (χ0v) is 23.6. The number of esters is 1. The molecule has 39 heavy (non-hydrogen) atoms. The second-order valence-corrected chi connectivity index (χ2v) is 12.2. The van der Waals surface area contributed by atoms with E-state index in [0.29, 0.717) is 28.3 Å². The standard InChI is InChI=1S/C29H37ClN2O7/c1-13(2)17-11-10-15(4)28(36)19(17)12-14(3)25(38-16(5)33)22(28)21-23(26(34)35)31-27-29(21,37)18-8-7-9-20(30)24(18)32(6)39-27/h7-9,12,15,17,19,21-23,25,27,31,36-37H,1,10-11H2,2-6H3,(H,34,35)/t15-,17+,19+,21+,22?,23+,25+,27-,28-,29+/m1/s1. The van der Waals surface area contributed by atoms with Gasteiger partial charge in [-0.15, -0.1) is 0 Å². The zero-order chi connectivity index (χ0) is 28.6. The maximum Gasteiger partial charge on any atom is 0.321 e. The highest BCUT2D eigenvalue weighted by atomic mass is 35.5. The van der Waals surface area contributed by atoms with Crippen LogP contribution in [-0.4, -0.2) is 58.3 Å². The number of carbonyl (C=O) groups excluding carboxylic acids is 1. The Hall–Kier alpha value is -2.43. The summed E-state index contributed by atoms with van der Waals surface area (Å²) in [5.74, 6) is -4.74. The summed E-state index contributed by atoms with van der Waals surface area (Å²) >= 11 is 6.55. The molecule has 5 rings (SSSR count). The van der Waals surface area contributed by atoms with Gasteiger partial charge in [-0.05, 0) is 50.2 Å². The SMILES string of the molecule is C=C(C)[C@@H]1CC[C@@H](C)[C@]2(O)C([C@H]3[C@@H](C(=O)O)N[C@@H]4ON(C)c5c(Cl)cccc5[C@@]43O)[C@@H](OC(C)=O)C(C)=C[C@@H]12. The highest BCUT2D eigenvalue weighted by Gasteiger charge is 2.71. The van der Waals surface area contributed by atoms with E-state index in [1.54, 1.807) is 25.2 Å². The number of hydrogen-bond donors (Lipinski definition) is 4. The summed E-state index contributed by atoms with van der Waals surface area (Å²) in [6.07, 6.45) is 1.27. The molecule has 4 N–H and O–H groups in total. The van der Waals surface area contributed by atoms with Crippen molar-refractivity contribution in [3.05, 3.63) is 52.6 Å². The predicted molar refractivity (Wildman–Crippen MR) is 145 cm³/mol. The third-order valence-corrected chi connectivity index (χ3v) is 9.90. The van der Waals surface area contributed by atoms with Crippen LogP contribution in [0.2, 0.25) is 5.02 Å². The van der Waals surface area contributed by atoms with E-state index in [9.17, 15) is 24.9 Å². The lowest BCUT2D eigenvalue weighted by Crippen LogP contribution is -2.67. The Morgan fingerprint density at radius 1 is 1.23 bits per heavy atom. The number of fused-ring (bicyclic) bond motifs is 4. The van der Waals surface area contributed by atoms with Gasteiger partial charge in [0, 0.05) is 37.3 Å². The lowest BCUT2D eigenvalue weighted by Gasteiger charge is -2.59. The summed E-state index contributed by atoms with van der Waals surface area (Å²) in [6.45, 7) is 11.2. The fourth-order valence-corrected chi connectivity index (χ4v) is 8.19. The molecule has 0 amide bonds. The number of anilines is 1. The number of rotatable bonds is 4. The van der Waals surface area contributed by atoms with Crippen LogP contribution in [0.15, 0.2) is 42.0 Å². The normalized spacial score (nSPS) is 41.1. The quantitative estimate of drug-likeness (QED) is 0.323. The third-order valence-electron chi connectivity index (χ3n) is 9.59. The Kier molecular flexibility index (Phi) is 6.91. The Morgan fingerprint density at radius 3 is 2.54 bits per heavy atom. The van der Waals surface area contributed by atoms with E-state index in [4.69, 9.17) is 21.2 Å². The first-order chi connectivity index (χ1) is 18.2. The van der Waals surface area contributed by atoms with Gasteiger partial charge in [-0.2, -0.15) is 0 Å². The molecule has 2 aliphatic heterocycles. The van der Waals surface area contributed by atoms with Gasteiger partial charge in [0.15, 0.2) is 6.23 Å². The molecule has 0 spiro atoms. The molecule has 10 atom stereocenters. The molecular formula is C29H37ClN2O7. The minimum Gasteiger partial charge on any atom is -0.480 e. The minimum absolute atomic E-state index is 0.0690. The largest absolute Gasteiger partial charge is 0.480 e. The topological polar surface area (TPSA) is 129 Å². The van der Waals surface area contributed by atoms with Gasteiger partial charge in [-0.3, -0.25) is 24.8 Å². The molecule has 1 saturated heterocycles. The monoisotopic (exact) mass is 560 g/mol. The van der Waals surface area contributed by atoms with Crippen molar-refractivity contribution < 1.29 is 34.5 Å². The average Bonchev–Trinajstić information content (AvgIpc) is 3.14. The van der Waals surface area contributed by atoms with E-state index in [2.05, 4.69) is 11.9 Å². The van der Waals surface area contributed by atoms with Gasteiger partial charge < -0.3 is 20.1 Å². The Bertz CT molecular complexity index is 1250. The van der Waals surface area contributed by atoms with Crippen molar-refractivity contribution in [2.75, 3.05) is 12.1 Å². The molecule has 1 unspecified atom stereocenters. The molecule has 0 bridgehead atoms. The van der Waals surface area contributed by atoms with Crippen LogP contribution in [0.3, 0.4) is 0 Å². The fraction of sp³-hybridized carbons (Fsp3) is 0.586. The number of benzene rings is 1. The van der Waals surface area contributed by atoms with Crippen LogP contribution in [0.1, 0.15) is 46.1 Å². The Morgan fingerprint density at radius 2 is 1.92 bits per heavy atom. The highest BCUT2D eigenvalue weighted by Crippen LogP contribution is 2.61. The third kappa shape index (κ3) is 3.96. The van der Waals surface area contributed by atoms with Gasteiger partial charge in [0.1, 0.15) is 17.7 Å². The smallest absolute Gasteiger partial charge is 0.321 e. The predicted octanol–water partition coefficient (Wildman–Crippen LogP) is 3.39. The molecular weight excluding hydrogens is 524 g/mol. The number of aliphatic carboxylic acids is 1. The molecule has 212 valence electrons. The molecule has 1 aromatic rings. The number of hydroxylamine groups is 1. The first kappa shape index (κ1) is 28.1. The molecule has 1 saturated carbocycles. The number of aliphatic hydroxyl groups is 2. The van der Waals surface area contributed by atoms with E-state index in [1.807, 2.05) is 26.8 Å². The van der Waals surface area contributed by atoms with Crippen molar-refractivity contribution in [1.82, 2.24) is 5.32 Å². The highest BCUT2D eigenvalue weighted by molar-refractivity contribution is 6.33. The first-order valence-electron chi connectivity index (χ1n) is 13.4. The molecule has 4 aliphatic rings. The lowest BCUT2D eigenvalue weighted by atomic mass is 9.49. The van der Waals surface area contributed by atoms with Gasteiger partial charge in [0.25, 0.3) is 0 Å². The maximum atomic E-state index is 12.9. The zero-order valence-electron chi connectivity index (χ0n) is 22.8. The molecule has 1 aromatic carbocycles. The number of nitrogens with zero attached hydrogens (tertiary/aromatic N) is 1. The van der Waals surface area contributed by atoms with E-state index in [0.717, 1.165) is 12.0 Å². The summed E-state index contributed by atoms with van der Waals surface area (Å²) in [4.78, 5) is 31.3. The van der Waals surface area contributed by atoms with E-state index in [1.165, 1.54) is 12.0 Å². The van der Waals surface area contributed by atoms with Crippen LogP contribution in [0, 0.1) is 29.6 Å². The van der Waals surface area contributed by atoms with Crippen LogP contribution in [0.5, 0.6) is 0 Å². The van der Waals surface area contributed by atoms with E-state index >= 15 is 0 Å². The maximum absolute atomic E-state index is 12.9. The molecule has 2 heterocycles. The second kappa shape index (κ2) is 9.59. The van der Waals surface area contributed by atoms with Crippen molar-refractivity contribution in [1.29, 1.82) is 0 Å². The van der Waals surface area contributed by atoms with Crippen LogP contribution >= 0.6 is 11.6 Å². The second-order valence-electron chi connectivity index (χ2n) is 11.8. The van der Waals surface area contributed by atoms with Crippen LogP contribution in [-0.2, 0) is 24.8 Å². The van der Waals surface area contributed by atoms with E-state index < -0.39 is 59.3 Å². The summed E-state index contributed by atoms with van der Waals surface area (Å²) < 4.78 is 5.87. The van der Waals surface area contributed by atoms with Crippen molar-refractivity contribution in [2.24, 2.45) is 29.6 Å². The van der Waals surface area contributed by atoms with Crippen LogP contribution < -0.4 is 10.4 Å². The van der Waals surface area contributed by atoms with Crippen molar-refractivity contribution >= 4 is 29.2 Å². The number of carbonyl (C=O) groups is 2. The van der Waals surface area contributed by atoms with Crippen molar-refractivity contribution in [3.8, 4) is 0 Å². The number of hydrogen-bond acceptors (Lipinski definition) is 8. The molecule has 0 aromatic heterocycles. The summed E-state index contributed by atoms with van der Waals surface area (Å²) in [6, 6.07) is 3.71. The summed E-state index contributed by atoms with van der Waals surface area (Å²) in [5.41, 5.74) is -1.08. The fourth-order valence-electron chi connectivity index (χ4n) is 7.90. The molecule has 0 radical (unpaired) electrons. The van der Waals surface area contributed by atoms with Crippen LogP contribution in [0.25, 0.3) is 0 Å². The lowest BCUT2D eigenvalue weighted by molar-refractivity contribution is -0.223. The van der Waals surface area contributed by atoms with E-state index in [-0.39, 0.29) is 11.8 Å². The number of carboxylic acids is 1. The number of halogens is 1. The number of allylic oxidation sites excluding steroid dienone is 1. The molecule has 10 heteroatoms. The van der Waals surface area contributed by atoms with Gasteiger partial charge >= 0.3 is 11.9 Å². The van der Waals surface area contributed by atoms with Gasteiger partial charge in [-0.25, -0.2) is 0 Å². The molecule has 2 fully saturated rings. The van der Waals surface area contributed by atoms with Gasteiger partial charge in [0.05, 0.1) is 16.3 Å². The number of nitrogens with one attached hydrogen (secondary N) is 1. The Balaban J connectivity index is 1.80. The molecule has 9 nitrogen and oxygen atoms in total. The van der Waals surface area contributed by atoms with Gasteiger partial charge in [0.2, 0.25) is 0 Å². The minimum atomic E-state index is -1.94. The Labute approximate surface area is 233 Å². The van der Waals surface area contributed by atoms with Crippen molar-refractivity contribution in [2.45, 2.75) is 70.1 Å². The number of para-hydroxylation sites is 1. The van der Waals surface area contributed by atoms with Crippen LogP contribution in [0.4, 0.5) is 5.69 Å². The number of carboxylic acid groups (broad SMARTS) is 1. The molecule has 2 aliphatic carbocycles. The summed E-state index contributed by atoms with van der Waals surface area (Å²) in [7, 11) is 1.63. The number of ether oxygens (including phenoxy) is 1.